The quantitative estimate of drug-likeness (QED) is 0.415. The van der Waals surface area contributed by atoms with Crippen LogP contribution in [0.1, 0.15) is 81.3 Å². The van der Waals surface area contributed by atoms with Crippen LogP contribution in [-0.4, -0.2) is 35.9 Å². The maximum absolute atomic E-state index is 13.6. The van der Waals surface area contributed by atoms with Crippen molar-refractivity contribution in [2.24, 2.45) is 17.8 Å². The summed E-state index contributed by atoms with van der Waals surface area (Å²) in [5.74, 6) is -0.0689. The summed E-state index contributed by atoms with van der Waals surface area (Å²) in [5.41, 5.74) is 0.872. The maximum atomic E-state index is 13.6. The molecule has 0 spiro atoms. The first-order valence-corrected chi connectivity index (χ1v) is 13.1. The molecule has 8 heteroatoms. The first kappa shape index (κ1) is 27.4. The number of nitrogens with one attached hydrogen (secondary N) is 2. The number of rotatable bonds is 13. The van der Waals surface area contributed by atoms with Gasteiger partial charge in [0.2, 0.25) is 11.7 Å². The molecule has 3 rings (SSSR count). The number of nitrogens with zero attached hydrogens (tertiary/aromatic N) is 1. The zero-order valence-electron chi connectivity index (χ0n) is 21.6. The second-order valence-electron chi connectivity index (χ2n) is 9.83. The van der Waals surface area contributed by atoms with Gasteiger partial charge in [-0.2, -0.15) is 0 Å². The monoisotopic (exact) mass is 497 g/mol. The molecule has 2 N–H and O–H groups in total. The smallest absolute Gasteiger partial charge is 0.290 e. The lowest BCUT2D eigenvalue weighted by Crippen LogP contribution is -2.45. The van der Waals surface area contributed by atoms with Gasteiger partial charge in [0.1, 0.15) is 5.75 Å². The third-order valence-electron chi connectivity index (χ3n) is 7.38. The van der Waals surface area contributed by atoms with Gasteiger partial charge >= 0.3 is 0 Å². The number of benzene rings is 1. The van der Waals surface area contributed by atoms with E-state index in [0.717, 1.165) is 37.7 Å². The van der Waals surface area contributed by atoms with E-state index >= 15 is 0 Å². The number of aromatic nitrogens is 1. The summed E-state index contributed by atoms with van der Waals surface area (Å²) in [4.78, 5) is 39.5. The highest BCUT2D eigenvalue weighted by Crippen LogP contribution is 2.29. The van der Waals surface area contributed by atoms with Gasteiger partial charge in [0.05, 0.1) is 19.3 Å². The molecule has 196 valence electrons. The summed E-state index contributed by atoms with van der Waals surface area (Å²) in [5, 5.41) is 9.46. The molecule has 1 aromatic carbocycles. The second kappa shape index (κ2) is 13.8. The van der Waals surface area contributed by atoms with Crippen LogP contribution in [0, 0.1) is 17.8 Å². The van der Waals surface area contributed by atoms with E-state index in [1.807, 2.05) is 38.1 Å². The minimum absolute atomic E-state index is 0.00641. The molecule has 1 aliphatic rings. The van der Waals surface area contributed by atoms with Crippen LogP contribution in [-0.2, 0) is 16.1 Å². The van der Waals surface area contributed by atoms with Crippen molar-refractivity contribution < 1.29 is 23.6 Å². The standard InChI is InChI=1S/C28H39N3O5/c1-4-19(2)22(27(33)29-18-21-12-8-9-13-25(21)35-3)17-24(32)23(16-20-10-6-5-7-11-20)31-28(34)26-14-15-30-36-26/h8-9,12-15,19-20,22-23H,4-7,10-11,16-18H2,1-3H3,(H,29,33)(H,31,34)/t19-,22-,23-/m0/s1. The van der Waals surface area contributed by atoms with Crippen LogP contribution in [0.25, 0.3) is 0 Å². The average Bonchev–Trinajstić information content (AvgIpc) is 3.45. The van der Waals surface area contributed by atoms with Gasteiger partial charge < -0.3 is 19.9 Å². The molecule has 3 atom stereocenters. The Morgan fingerprint density at radius 2 is 1.89 bits per heavy atom. The lowest BCUT2D eigenvalue weighted by atomic mass is 9.81. The van der Waals surface area contributed by atoms with Crippen molar-refractivity contribution in [1.82, 2.24) is 15.8 Å². The molecule has 1 aliphatic carbocycles. The molecule has 0 saturated heterocycles. The van der Waals surface area contributed by atoms with Gasteiger partial charge in [-0.3, -0.25) is 14.4 Å². The molecule has 1 heterocycles. The summed E-state index contributed by atoms with van der Waals surface area (Å²) < 4.78 is 10.4. The van der Waals surface area contributed by atoms with Crippen LogP contribution in [0.3, 0.4) is 0 Å². The highest BCUT2D eigenvalue weighted by atomic mass is 16.5. The van der Waals surface area contributed by atoms with Crippen molar-refractivity contribution in [2.45, 2.75) is 77.8 Å². The molecular weight excluding hydrogens is 458 g/mol. The number of Topliss-reactive ketones (excluding diaryl/α,β-unsaturated/α-hetero) is 1. The third-order valence-corrected chi connectivity index (χ3v) is 7.38. The van der Waals surface area contributed by atoms with E-state index in [9.17, 15) is 14.4 Å². The molecule has 8 nitrogen and oxygen atoms in total. The number of ether oxygens (including phenoxy) is 1. The van der Waals surface area contributed by atoms with E-state index in [-0.39, 0.29) is 29.8 Å². The van der Waals surface area contributed by atoms with Crippen LogP contribution in [0.2, 0.25) is 0 Å². The molecule has 0 bridgehead atoms. The SMILES string of the molecule is CC[C@H](C)[C@H](CC(=O)[C@H](CC1CCCCC1)NC(=O)c1ccno1)C(=O)NCc1ccccc1OC. The summed E-state index contributed by atoms with van der Waals surface area (Å²) in [6.07, 6.45) is 8.41. The molecule has 1 fully saturated rings. The van der Waals surface area contributed by atoms with E-state index in [1.54, 1.807) is 7.11 Å². The van der Waals surface area contributed by atoms with Gasteiger partial charge in [0, 0.05) is 30.5 Å². The van der Waals surface area contributed by atoms with Crippen molar-refractivity contribution in [3.63, 3.8) is 0 Å². The Morgan fingerprint density at radius 1 is 1.14 bits per heavy atom. The van der Waals surface area contributed by atoms with Gasteiger partial charge in [-0.05, 0) is 24.3 Å². The highest BCUT2D eigenvalue weighted by molar-refractivity contribution is 5.97. The van der Waals surface area contributed by atoms with Crippen LogP contribution in [0.15, 0.2) is 41.1 Å². The summed E-state index contributed by atoms with van der Waals surface area (Å²) in [7, 11) is 1.60. The van der Waals surface area contributed by atoms with E-state index in [2.05, 4.69) is 15.8 Å². The number of methoxy groups -OCH3 is 1. The number of hydrogen-bond donors (Lipinski definition) is 2. The molecule has 0 aliphatic heterocycles. The number of carbonyl (C=O) groups excluding carboxylic acids is 3. The van der Waals surface area contributed by atoms with Crippen LogP contribution >= 0.6 is 0 Å². The minimum Gasteiger partial charge on any atom is -0.496 e. The van der Waals surface area contributed by atoms with E-state index in [1.165, 1.54) is 18.7 Å². The predicted molar refractivity (Wildman–Crippen MR) is 136 cm³/mol. The van der Waals surface area contributed by atoms with Gasteiger partial charge in [0.15, 0.2) is 5.78 Å². The van der Waals surface area contributed by atoms with Gasteiger partial charge in [-0.25, -0.2) is 0 Å². The first-order valence-electron chi connectivity index (χ1n) is 13.1. The Labute approximate surface area is 213 Å². The third kappa shape index (κ3) is 7.67. The van der Waals surface area contributed by atoms with Crippen molar-refractivity contribution in [3.05, 3.63) is 47.9 Å². The number of amides is 2. The van der Waals surface area contributed by atoms with Crippen LogP contribution in [0.5, 0.6) is 5.75 Å². The largest absolute Gasteiger partial charge is 0.496 e. The lowest BCUT2D eigenvalue weighted by Gasteiger charge is -2.28. The molecule has 1 saturated carbocycles. The first-order chi connectivity index (χ1) is 17.4. The van der Waals surface area contributed by atoms with Crippen molar-refractivity contribution in [3.8, 4) is 5.75 Å². The fourth-order valence-corrected chi connectivity index (χ4v) is 4.95. The Balaban J connectivity index is 1.70. The zero-order valence-corrected chi connectivity index (χ0v) is 21.6. The predicted octanol–water partition coefficient (Wildman–Crippen LogP) is 4.69. The van der Waals surface area contributed by atoms with Crippen LogP contribution < -0.4 is 15.4 Å². The normalized spacial score (nSPS) is 16.5. The molecule has 2 amide bonds. The molecule has 2 aromatic rings. The summed E-state index contributed by atoms with van der Waals surface area (Å²) in [6.45, 7) is 4.32. The Bertz CT molecular complexity index is 985. The maximum Gasteiger partial charge on any atom is 0.290 e. The van der Waals surface area contributed by atoms with E-state index in [4.69, 9.17) is 9.26 Å². The topological polar surface area (TPSA) is 111 Å². The van der Waals surface area contributed by atoms with Crippen molar-refractivity contribution >= 4 is 17.6 Å². The minimum atomic E-state index is -0.667. The van der Waals surface area contributed by atoms with Gasteiger partial charge in [0.25, 0.3) is 5.91 Å². The van der Waals surface area contributed by atoms with Crippen LogP contribution in [0.4, 0.5) is 0 Å². The average molecular weight is 498 g/mol. The molecule has 36 heavy (non-hydrogen) atoms. The van der Waals surface area contributed by atoms with E-state index < -0.39 is 17.9 Å². The van der Waals surface area contributed by atoms with Crippen molar-refractivity contribution in [2.75, 3.05) is 7.11 Å². The fraction of sp³-hybridized carbons (Fsp3) is 0.571. The number of para-hydroxylation sites is 1. The lowest BCUT2D eigenvalue weighted by molar-refractivity contribution is -0.132. The Kier molecular flexibility index (Phi) is 10.5. The Morgan fingerprint density at radius 3 is 2.56 bits per heavy atom. The Hall–Kier alpha value is -3.16. The zero-order chi connectivity index (χ0) is 25.9. The molecule has 0 unspecified atom stereocenters. The number of hydrogen-bond acceptors (Lipinski definition) is 6. The van der Waals surface area contributed by atoms with Crippen molar-refractivity contribution in [1.29, 1.82) is 0 Å². The van der Waals surface area contributed by atoms with Gasteiger partial charge in [-0.1, -0.05) is 75.7 Å². The molecule has 1 aromatic heterocycles. The summed E-state index contributed by atoms with van der Waals surface area (Å²) in [6, 6.07) is 8.34. The number of ketones is 1. The molecular formula is C28H39N3O5. The molecule has 0 radical (unpaired) electrons. The second-order valence-corrected chi connectivity index (χ2v) is 9.83. The van der Waals surface area contributed by atoms with E-state index in [0.29, 0.717) is 24.6 Å². The van der Waals surface area contributed by atoms with Gasteiger partial charge in [-0.15, -0.1) is 0 Å². The highest BCUT2D eigenvalue weighted by Gasteiger charge is 2.32. The fourth-order valence-electron chi connectivity index (χ4n) is 4.95. The summed E-state index contributed by atoms with van der Waals surface area (Å²) >= 11 is 0. The number of carbonyl (C=O) groups is 3.